The number of nitrogens with one attached hydrogen (secondary N) is 2. The van der Waals surface area contributed by atoms with Gasteiger partial charge in [0.1, 0.15) is 12.1 Å². The van der Waals surface area contributed by atoms with Crippen LogP contribution in [0.15, 0.2) is 0 Å². The third-order valence-corrected chi connectivity index (χ3v) is 3.86. The van der Waals surface area contributed by atoms with Gasteiger partial charge in [-0.3, -0.25) is 19.2 Å². The van der Waals surface area contributed by atoms with Gasteiger partial charge >= 0.3 is 11.9 Å². The molecule has 4 unspecified atom stereocenters. The number of amides is 3. The number of hydrogen-bond donors (Lipinski definition) is 6. The summed E-state index contributed by atoms with van der Waals surface area (Å²) >= 11 is 0. The Labute approximate surface area is 150 Å². The van der Waals surface area contributed by atoms with Crippen LogP contribution in [0.25, 0.3) is 0 Å². The summed E-state index contributed by atoms with van der Waals surface area (Å²) in [6.45, 7) is 3.57. The van der Waals surface area contributed by atoms with Crippen molar-refractivity contribution in [3.63, 3.8) is 0 Å². The molecule has 0 fully saturated rings. The fourth-order valence-electron chi connectivity index (χ4n) is 1.99. The summed E-state index contributed by atoms with van der Waals surface area (Å²) < 4.78 is 0. The third-order valence-electron chi connectivity index (χ3n) is 3.86. The highest BCUT2D eigenvalue weighted by Gasteiger charge is 2.30. The Morgan fingerprint density at radius 2 is 1.54 bits per heavy atom. The lowest BCUT2D eigenvalue weighted by molar-refractivity contribution is -0.144. The van der Waals surface area contributed by atoms with Crippen LogP contribution in [0.2, 0.25) is 0 Å². The number of rotatable bonds is 12. The minimum Gasteiger partial charge on any atom is -0.481 e. The zero-order valence-corrected chi connectivity index (χ0v) is 14.7. The molecule has 0 radical (unpaired) electrons. The number of carboxylic acid groups (broad SMARTS) is 2. The molecule has 3 amide bonds. The molecule has 0 heterocycles. The summed E-state index contributed by atoms with van der Waals surface area (Å²) in [5.41, 5.74) is 10.7. The molecule has 0 aromatic carbocycles. The second-order valence-corrected chi connectivity index (χ2v) is 5.97. The summed E-state index contributed by atoms with van der Waals surface area (Å²) in [5, 5.41) is 22.2. The van der Waals surface area contributed by atoms with E-state index < -0.39 is 60.6 Å². The first kappa shape index (κ1) is 23.3. The number of hydrogen-bond acceptors (Lipinski definition) is 6. The second kappa shape index (κ2) is 11.0. The number of primary amides is 1. The van der Waals surface area contributed by atoms with Gasteiger partial charge in [-0.1, -0.05) is 20.3 Å². The smallest absolute Gasteiger partial charge is 0.326 e. The fourth-order valence-corrected chi connectivity index (χ4v) is 1.99. The number of aliphatic carboxylic acids is 2. The quantitative estimate of drug-likeness (QED) is 0.228. The first-order chi connectivity index (χ1) is 12.0. The molecule has 11 nitrogen and oxygen atoms in total. The van der Waals surface area contributed by atoms with Gasteiger partial charge in [0.2, 0.25) is 17.7 Å². The van der Waals surface area contributed by atoms with E-state index >= 15 is 0 Å². The van der Waals surface area contributed by atoms with Gasteiger partial charge in [0, 0.05) is 6.42 Å². The SMILES string of the molecule is CCC(C)C(N)C(=O)NC(CCC(=O)O)C(=O)NC(CC(N)=O)C(=O)O. The van der Waals surface area contributed by atoms with Crippen LogP contribution >= 0.6 is 0 Å². The van der Waals surface area contributed by atoms with Crippen molar-refractivity contribution in [3.8, 4) is 0 Å². The molecule has 26 heavy (non-hydrogen) atoms. The molecular formula is C15H26N4O7. The van der Waals surface area contributed by atoms with Crippen molar-refractivity contribution in [3.05, 3.63) is 0 Å². The maximum absolute atomic E-state index is 12.3. The Kier molecular flexibility index (Phi) is 9.89. The largest absolute Gasteiger partial charge is 0.481 e. The Bertz CT molecular complexity index is 552. The first-order valence-corrected chi connectivity index (χ1v) is 8.08. The highest BCUT2D eigenvalue weighted by molar-refractivity contribution is 5.93. The van der Waals surface area contributed by atoms with Gasteiger partial charge in [-0.25, -0.2) is 4.79 Å². The molecule has 0 saturated carbocycles. The van der Waals surface area contributed by atoms with E-state index in [1.165, 1.54) is 0 Å². The van der Waals surface area contributed by atoms with Crippen LogP contribution in [0.4, 0.5) is 0 Å². The van der Waals surface area contributed by atoms with E-state index in [1.807, 2.05) is 6.92 Å². The molecule has 0 spiro atoms. The zero-order valence-electron chi connectivity index (χ0n) is 14.7. The van der Waals surface area contributed by atoms with Crippen LogP contribution in [0, 0.1) is 5.92 Å². The van der Waals surface area contributed by atoms with Crippen molar-refractivity contribution in [1.29, 1.82) is 0 Å². The molecule has 11 heteroatoms. The highest BCUT2D eigenvalue weighted by atomic mass is 16.4. The van der Waals surface area contributed by atoms with Crippen molar-refractivity contribution in [1.82, 2.24) is 10.6 Å². The van der Waals surface area contributed by atoms with Gasteiger partial charge in [-0.2, -0.15) is 0 Å². The molecule has 0 bridgehead atoms. The predicted molar refractivity (Wildman–Crippen MR) is 89.6 cm³/mol. The molecule has 8 N–H and O–H groups in total. The number of carbonyl (C=O) groups excluding carboxylic acids is 3. The van der Waals surface area contributed by atoms with Crippen LogP contribution in [0.3, 0.4) is 0 Å². The van der Waals surface area contributed by atoms with E-state index in [4.69, 9.17) is 21.7 Å². The Morgan fingerprint density at radius 3 is 1.96 bits per heavy atom. The van der Waals surface area contributed by atoms with E-state index in [1.54, 1.807) is 6.92 Å². The Morgan fingerprint density at radius 1 is 1.00 bits per heavy atom. The molecule has 0 aliphatic rings. The van der Waals surface area contributed by atoms with E-state index in [2.05, 4.69) is 10.6 Å². The molecule has 4 atom stereocenters. The topological polar surface area (TPSA) is 202 Å². The fraction of sp³-hybridized carbons (Fsp3) is 0.667. The molecule has 0 aromatic rings. The maximum Gasteiger partial charge on any atom is 0.326 e. The zero-order chi connectivity index (χ0) is 20.4. The lowest BCUT2D eigenvalue weighted by Crippen LogP contribution is -2.55. The minimum atomic E-state index is -1.59. The average Bonchev–Trinajstić information content (AvgIpc) is 2.55. The van der Waals surface area contributed by atoms with E-state index in [-0.39, 0.29) is 12.3 Å². The number of carboxylic acids is 2. The van der Waals surface area contributed by atoms with Crippen molar-refractivity contribution in [2.24, 2.45) is 17.4 Å². The van der Waals surface area contributed by atoms with E-state index in [0.717, 1.165) is 0 Å². The van der Waals surface area contributed by atoms with Crippen molar-refractivity contribution >= 4 is 29.7 Å². The van der Waals surface area contributed by atoms with Gasteiger partial charge in [0.15, 0.2) is 0 Å². The molecule has 0 aromatic heterocycles. The van der Waals surface area contributed by atoms with Crippen LogP contribution < -0.4 is 22.1 Å². The Balaban J connectivity index is 5.17. The number of nitrogens with two attached hydrogens (primary N) is 2. The molecule has 148 valence electrons. The van der Waals surface area contributed by atoms with Crippen LogP contribution in [-0.4, -0.2) is 58.0 Å². The lowest BCUT2D eigenvalue weighted by atomic mass is 9.98. The van der Waals surface area contributed by atoms with Crippen LogP contribution in [0.1, 0.15) is 39.5 Å². The monoisotopic (exact) mass is 374 g/mol. The molecule has 0 aliphatic carbocycles. The van der Waals surface area contributed by atoms with E-state index in [0.29, 0.717) is 6.42 Å². The number of carbonyl (C=O) groups is 5. The summed E-state index contributed by atoms with van der Waals surface area (Å²) in [7, 11) is 0. The van der Waals surface area contributed by atoms with Crippen molar-refractivity contribution in [2.75, 3.05) is 0 Å². The second-order valence-electron chi connectivity index (χ2n) is 5.97. The summed E-state index contributed by atoms with van der Waals surface area (Å²) in [4.78, 5) is 57.2. The predicted octanol–water partition coefficient (Wildman–Crippen LogP) is -1.85. The molecule has 0 aliphatic heterocycles. The third kappa shape index (κ3) is 8.42. The van der Waals surface area contributed by atoms with Crippen LogP contribution in [-0.2, 0) is 24.0 Å². The van der Waals surface area contributed by atoms with Gasteiger partial charge < -0.3 is 32.3 Å². The van der Waals surface area contributed by atoms with Crippen molar-refractivity contribution < 1.29 is 34.2 Å². The standard InChI is InChI=1S/C15H26N4O7/c1-3-7(2)12(17)14(24)18-8(4-5-11(21)22)13(23)19-9(15(25)26)6-10(16)20/h7-9,12H,3-6,17H2,1-2H3,(H2,16,20)(H,18,24)(H,19,23)(H,21,22)(H,25,26). The van der Waals surface area contributed by atoms with Gasteiger partial charge in [0.25, 0.3) is 0 Å². The lowest BCUT2D eigenvalue weighted by Gasteiger charge is -2.24. The first-order valence-electron chi connectivity index (χ1n) is 8.08. The van der Waals surface area contributed by atoms with Gasteiger partial charge in [-0.15, -0.1) is 0 Å². The van der Waals surface area contributed by atoms with E-state index in [9.17, 15) is 24.0 Å². The van der Waals surface area contributed by atoms with Gasteiger partial charge in [-0.05, 0) is 12.3 Å². The highest BCUT2D eigenvalue weighted by Crippen LogP contribution is 2.07. The molecule has 0 saturated heterocycles. The molecular weight excluding hydrogens is 348 g/mol. The Hall–Kier alpha value is -2.69. The van der Waals surface area contributed by atoms with Crippen molar-refractivity contribution in [2.45, 2.75) is 57.7 Å². The maximum atomic E-state index is 12.3. The normalized spacial score (nSPS) is 15.2. The average molecular weight is 374 g/mol. The summed E-state index contributed by atoms with van der Waals surface area (Å²) in [6.07, 6.45) is -0.749. The minimum absolute atomic E-state index is 0.181. The van der Waals surface area contributed by atoms with Gasteiger partial charge in [0.05, 0.1) is 12.5 Å². The molecule has 0 rings (SSSR count). The van der Waals surface area contributed by atoms with Crippen LogP contribution in [0.5, 0.6) is 0 Å². The summed E-state index contributed by atoms with van der Waals surface area (Å²) in [5.74, 6) is -5.41. The summed E-state index contributed by atoms with van der Waals surface area (Å²) in [6, 6.07) is -3.82.